The van der Waals surface area contributed by atoms with Crippen molar-refractivity contribution in [3.05, 3.63) is 57.8 Å². The molecule has 0 unspecified atom stereocenters. The second kappa shape index (κ2) is 8.11. The summed E-state index contributed by atoms with van der Waals surface area (Å²) < 4.78 is 0. The van der Waals surface area contributed by atoms with E-state index in [1.54, 1.807) is 11.3 Å². The van der Waals surface area contributed by atoms with Gasteiger partial charge < -0.3 is 4.90 Å². The molecule has 4 heteroatoms. The molecule has 0 atom stereocenters. The van der Waals surface area contributed by atoms with Crippen molar-refractivity contribution in [1.29, 1.82) is 0 Å². The highest BCUT2D eigenvalue weighted by Crippen LogP contribution is 2.13. The van der Waals surface area contributed by atoms with Gasteiger partial charge in [0.15, 0.2) is 0 Å². The Balaban J connectivity index is 1.91. The number of hydrogen-bond acceptors (Lipinski definition) is 3. The first-order valence-electron chi connectivity index (χ1n) is 7.63. The maximum Gasteiger partial charge on any atom is 0.236 e. The average Bonchev–Trinajstić information content (AvgIpc) is 3.01. The molecule has 0 bridgehead atoms. The summed E-state index contributed by atoms with van der Waals surface area (Å²) in [5.41, 5.74) is 2.44. The van der Waals surface area contributed by atoms with Gasteiger partial charge in [0.05, 0.1) is 6.54 Å². The van der Waals surface area contributed by atoms with Gasteiger partial charge in [-0.25, -0.2) is 0 Å². The number of thiophene rings is 1. The zero-order chi connectivity index (χ0) is 15.9. The summed E-state index contributed by atoms with van der Waals surface area (Å²) in [6, 6.07) is 12.4. The Hall–Kier alpha value is -1.65. The lowest BCUT2D eigenvalue weighted by atomic mass is 10.1. The molecule has 1 heterocycles. The molecule has 0 N–H and O–H groups in total. The van der Waals surface area contributed by atoms with Crippen molar-refractivity contribution < 1.29 is 4.79 Å². The monoisotopic (exact) mass is 316 g/mol. The van der Waals surface area contributed by atoms with Crippen LogP contribution in [0.2, 0.25) is 0 Å². The smallest absolute Gasteiger partial charge is 0.236 e. The zero-order valence-electron chi connectivity index (χ0n) is 13.6. The third kappa shape index (κ3) is 4.68. The minimum absolute atomic E-state index is 0.168. The molecule has 0 radical (unpaired) electrons. The third-order valence-corrected chi connectivity index (χ3v) is 4.72. The number of aryl methyl sites for hydroxylation is 1. The van der Waals surface area contributed by atoms with E-state index in [1.807, 2.05) is 24.1 Å². The van der Waals surface area contributed by atoms with Crippen molar-refractivity contribution in [3.8, 4) is 0 Å². The third-order valence-electron chi connectivity index (χ3n) is 3.86. The van der Waals surface area contributed by atoms with Gasteiger partial charge in [0.1, 0.15) is 0 Å². The van der Waals surface area contributed by atoms with Crippen molar-refractivity contribution in [2.75, 3.05) is 20.1 Å². The van der Waals surface area contributed by atoms with Crippen LogP contribution in [0.3, 0.4) is 0 Å². The molecule has 1 aromatic carbocycles. The first kappa shape index (κ1) is 16.7. The fraction of sp³-hybridized carbons (Fsp3) is 0.389. The number of nitrogens with zero attached hydrogens (tertiary/aromatic N) is 2. The fourth-order valence-electron chi connectivity index (χ4n) is 2.35. The number of carbonyl (C=O) groups is 1. The van der Waals surface area contributed by atoms with Gasteiger partial charge in [-0.3, -0.25) is 9.69 Å². The van der Waals surface area contributed by atoms with Gasteiger partial charge in [0.25, 0.3) is 0 Å². The molecule has 0 spiro atoms. The summed E-state index contributed by atoms with van der Waals surface area (Å²) in [5, 5.41) is 2.08. The molecule has 1 amide bonds. The van der Waals surface area contributed by atoms with Gasteiger partial charge in [-0.1, -0.05) is 37.3 Å². The van der Waals surface area contributed by atoms with Gasteiger partial charge in [-0.2, -0.15) is 0 Å². The predicted molar refractivity (Wildman–Crippen MR) is 92.9 cm³/mol. The van der Waals surface area contributed by atoms with Crippen molar-refractivity contribution in [1.82, 2.24) is 9.80 Å². The van der Waals surface area contributed by atoms with Gasteiger partial charge >= 0.3 is 0 Å². The maximum absolute atomic E-state index is 12.4. The van der Waals surface area contributed by atoms with E-state index in [4.69, 9.17) is 0 Å². The Labute approximate surface area is 137 Å². The second-order valence-electron chi connectivity index (χ2n) is 5.56. The minimum atomic E-state index is 0.168. The number of likely N-dealkylation sites (N-methyl/N-ethyl adjacent to an activating group) is 2. The standard InChI is InChI=1S/C18H24N2OS/c1-4-20(13-17-10-7-11-22-17)14-18(21)19(3)12-16-9-6-5-8-15(16)2/h5-11H,4,12-14H2,1-3H3. The van der Waals surface area contributed by atoms with Gasteiger partial charge in [-0.05, 0) is 36.0 Å². The van der Waals surface area contributed by atoms with Crippen LogP contribution in [0.5, 0.6) is 0 Å². The lowest BCUT2D eigenvalue weighted by Crippen LogP contribution is -2.37. The van der Waals surface area contributed by atoms with Crippen LogP contribution < -0.4 is 0 Å². The summed E-state index contributed by atoms with van der Waals surface area (Å²) in [7, 11) is 1.88. The van der Waals surface area contributed by atoms with E-state index in [0.717, 1.165) is 13.1 Å². The highest BCUT2D eigenvalue weighted by molar-refractivity contribution is 7.09. The van der Waals surface area contributed by atoms with Crippen LogP contribution in [-0.2, 0) is 17.9 Å². The minimum Gasteiger partial charge on any atom is -0.340 e. The largest absolute Gasteiger partial charge is 0.340 e. The van der Waals surface area contributed by atoms with E-state index in [9.17, 15) is 4.79 Å². The van der Waals surface area contributed by atoms with E-state index in [0.29, 0.717) is 13.1 Å². The summed E-state index contributed by atoms with van der Waals surface area (Å²) >= 11 is 1.74. The first-order chi connectivity index (χ1) is 10.6. The molecular formula is C18H24N2OS. The quantitative estimate of drug-likeness (QED) is 0.780. The van der Waals surface area contributed by atoms with E-state index < -0.39 is 0 Å². The van der Waals surface area contributed by atoms with Crippen LogP contribution >= 0.6 is 11.3 Å². The molecule has 3 nitrogen and oxygen atoms in total. The second-order valence-corrected chi connectivity index (χ2v) is 6.59. The molecule has 0 aliphatic carbocycles. The Morgan fingerprint density at radius 3 is 2.55 bits per heavy atom. The van der Waals surface area contributed by atoms with Gasteiger partial charge in [0, 0.05) is 25.0 Å². The fourth-order valence-corrected chi connectivity index (χ4v) is 3.09. The molecule has 0 aliphatic rings. The maximum atomic E-state index is 12.4. The first-order valence-corrected chi connectivity index (χ1v) is 8.51. The normalized spacial score (nSPS) is 10.9. The molecular weight excluding hydrogens is 292 g/mol. The zero-order valence-corrected chi connectivity index (χ0v) is 14.4. The van der Waals surface area contributed by atoms with Gasteiger partial charge in [0.2, 0.25) is 5.91 Å². The highest BCUT2D eigenvalue weighted by Gasteiger charge is 2.15. The highest BCUT2D eigenvalue weighted by atomic mass is 32.1. The van der Waals surface area contributed by atoms with Crippen LogP contribution in [0.25, 0.3) is 0 Å². The molecule has 0 aliphatic heterocycles. The lowest BCUT2D eigenvalue weighted by Gasteiger charge is -2.24. The van der Waals surface area contributed by atoms with E-state index in [1.165, 1.54) is 16.0 Å². The Kier molecular flexibility index (Phi) is 6.16. The SMILES string of the molecule is CCN(CC(=O)N(C)Cc1ccccc1C)Cc1cccs1. The van der Waals surface area contributed by atoms with Crippen LogP contribution in [0, 0.1) is 6.92 Å². The van der Waals surface area contributed by atoms with E-state index in [-0.39, 0.29) is 5.91 Å². The molecule has 0 saturated heterocycles. The van der Waals surface area contributed by atoms with E-state index >= 15 is 0 Å². The van der Waals surface area contributed by atoms with Gasteiger partial charge in [-0.15, -0.1) is 11.3 Å². The number of benzene rings is 1. The average molecular weight is 316 g/mol. The lowest BCUT2D eigenvalue weighted by molar-refractivity contribution is -0.131. The molecule has 0 fully saturated rings. The topological polar surface area (TPSA) is 23.6 Å². The Morgan fingerprint density at radius 1 is 1.14 bits per heavy atom. The molecule has 118 valence electrons. The number of carbonyl (C=O) groups excluding carboxylic acids is 1. The Morgan fingerprint density at radius 2 is 1.91 bits per heavy atom. The predicted octanol–water partition coefficient (Wildman–Crippen LogP) is 3.54. The molecule has 1 aromatic heterocycles. The number of rotatable bonds is 7. The van der Waals surface area contributed by atoms with E-state index in [2.05, 4.69) is 48.4 Å². The number of hydrogen-bond donors (Lipinski definition) is 0. The summed E-state index contributed by atoms with van der Waals surface area (Å²) in [6.07, 6.45) is 0. The van der Waals surface area contributed by atoms with Crippen LogP contribution in [0.4, 0.5) is 0 Å². The van der Waals surface area contributed by atoms with Crippen molar-refractivity contribution >= 4 is 17.2 Å². The van der Waals surface area contributed by atoms with Crippen LogP contribution in [-0.4, -0.2) is 35.8 Å². The molecule has 0 saturated carbocycles. The van der Waals surface area contributed by atoms with Crippen LogP contribution in [0.1, 0.15) is 22.9 Å². The van der Waals surface area contributed by atoms with Crippen molar-refractivity contribution in [2.45, 2.75) is 26.9 Å². The molecule has 22 heavy (non-hydrogen) atoms. The van der Waals surface area contributed by atoms with Crippen molar-refractivity contribution in [3.63, 3.8) is 0 Å². The Bertz CT molecular complexity index is 595. The van der Waals surface area contributed by atoms with Crippen molar-refractivity contribution in [2.24, 2.45) is 0 Å². The number of amides is 1. The summed E-state index contributed by atoms with van der Waals surface area (Å²) in [6.45, 7) is 7.05. The summed E-state index contributed by atoms with van der Waals surface area (Å²) in [5.74, 6) is 0.168. The summed E-state index contributed by atoms with van der Waals surface area (Å²) in [4.78, 5) is 17.7. The molecule has 2 aromatic rings. The molecule has 2 rings (SSSR count). The van der Waals surface area contributed by atoms with Crippen LogP contribution in [0.15, 0.2) is 41.8 Å².